The van der Waals surface area contributed by atoms with Crippen LogP contribution in [0.3, 0.4) is 0 Å². The second-order valence-corrected chi connectivity index (χ2v) is 13.4. The number of nitrogens with zero attached hydrogens (tertiary/aromatic N) is 5. The molecule has 6 heteroatoms. The molecule has 0 aliphatic carbocycles. The van der Waals surface area contributed by atoms with Crippen LogP contribution >= 0.6 is 0 Å². The summed E-state index contributed by atoms with van der Waals surface area (Å²) in [5, 5.41) is 0. The summed E-state index contributed by atoms with van der Waals surface area (Å²) in [6.07, 6.45) is 0. The highest BCUT2D eigenvalue weighted by Gasteiger charge is 2.43. The number of anilines is 6. The number of fused-ring (bicyclic) bond motifs is 9. The van der Waals surface area contributed by atoms with Crippen LogP contribution in [-0.4, -0.2) is 20.7 Å². The van der Waals surface area contributed by atoms with Crippen molar-refractivity contribution in [3.63, 3.8) is 0 Å². The fourth-order valence-electron chi connectivity index (χ4n) is 8.44. The summed E-state index contributed by atoms with van der Waals surface area (Å²) in [5.74, 6) is 0.900. The quantitative estimate of drug-likeness (QED) is 0.181. The standard InChI is InChI=1S/C44H30BN5/c1-29-23-25-31(26-24-29)48-37-19-9-6-16-34(37)45-33-15-5-8-18-36(33)47(30-13-3-2-4-14-30)41-27-32(28-42(48)43(41)45)49-39-21-11-12-22-40(39)50-38-20-10-7-17-35(38)46-44(49)50/h2-28H,1H3. The second-order valence-electron chi connectivity index (χ2n) is 13.4. The minimum absolute atomic E-state index is 0.0681. The number of aromatic nitrogens is 3. The average molecular weight is 640 g/mol. The molecule has 5 nitrogen and oxygen atoms in total. The van der Waals surface area contributed by atoms with Crippen LogP contribution in [0.4, 0.5) is 34.1 Å². The number of hydrogen-bond donors (Lipinski definition) is 0. The van der Waals surface area contributed by atoms with Crippen molar-refractivity contribution in [2.75, 3.05) is 9.80 Å². The van der Waals surface area contributed by atoms with Crippen LogP contribution in [-0.2, 0) is 0 Å². The molecule has 4 heterocycles. The van der Waals surface area contributed by atoms with E-state index in [1.165, 1.54) is 44.7 Å². The first kappa shape index (κ1) is 27.4. The Balaban J connectivity index is 1.30. The fraction of sp³-hybridized carbons (Fsp3) is 0.0227. The van der Waals surface area contributed by atoms with Crippen LogP contribution in [0.1, 0.15) is 5.56 Å². The predicted octanol–water partition coefficient (Wildman–Crippen LogP) is 8.82. The largest absolute Gasteiger partial charge is 0.311 e. The maximum Gasteiger partial charge on any atom is 0.252 e. The third kappa shape index (κ3) is 3.70. The molecule has 9 aromatic rings. The smallest absolute Gasteiger partial charge is 0.252 e. The zero-order valence-electron chi connectivity index (χ0n) is 27.4. The van der Waals surface area contributed by atoms with Gasteiger partial charge in [-0.1, -0.05) is 96.6 Å². The van der Waals surface area contributed by atoms with Crippen molar-refractivity contribution in [2.24, 2.45) is 0 Å². The van der Waals surface area contributed by atoms with Crippen LogP contribution in [0.5, 0.6) is 0 Å². The van der Waals surface area contributed by atoms with Crippen molar-refractivity contribution in [3.05, 3.63) is 169 Å². The monoisotopic (exact) mass is 639 g/mol. The summed E-state index contributed by atoms with van der Waals surface area (Å²) < 4.78 is 4.65. The minimum atomic E-state index is 0.0681. The van der Waals surface area contributed by atoms with Crippen LogP contribution in [0.2, 0.25) is 0 Å². The Hall–Kier alpha value is -6.53. The van der Waals surface area contributed by atoms with E-state index in [0.717, 1.165) is 44.9 Å². The molecular weight excluding hydrogens is 609 g/mol. The first-order chi connectivity index (χ1) is 24.7. The van der Waals surface area contributed by atoms with Gasteiger partial charge in [-0.3, -0.25) is 8.97 Å². The fourth-order valence-corrected chi connectivity index (χ4v) is 8.44. The number of rotatable bonds is 3. The Morgan fingerprint density at radius 3 is 1.68 bits per heavy atom. The summed E-state index contributed by atoms with van der Waals surface area (Å²) in [5.41, 5.74) is 17.6. The van der Waals surface area contributed by atoms with E-state index in [4.69, 9.17) is 4.98 Å². The van der Waals surface area contributed by atoms with E-state index in [0.29, 0.717) is 0 Å². The summed E-state index contributed by atoms with van der Waals surface area (Å²) in [6.45, 7) is 2.22. The molecule has 0 fully saturated rings. The van der Waals surface area contributed by atoms with Gasteiger partial charge in [-0.2, -0.15) is 0 Å². The van der Waals surface area contributed by atoms with Crippen LogP contribution in [0.15, 0.2) is 164 Å². The lowest BCUT2D eigenvalue weighted by Crippen LogP contribution is -2.61. The van der Waals surface area contributed by atoms with Crippen molar-refractivity contribution in [1.29, 1.82) is 0 Å². The van der Waals surface area contributed by atoms with Crippen molar-refractivity contribution >= 4 is 85.1 Å². The van der Waals surface area contributed by atoms with E-state index >= 15 is 0 Å². The molecule has 2 aromatic heterocycles. The summed E-state index contributed by atoms with van der Waals surface area (Å²) in [7, 11) is 0. The molecule has 0 amide bonds. The summed E-state index contributed by atoms with van der Waals surface area (Å²) in [4.78, 5) is 10.2. The molecule has 0 saturated heterocycles. The molecule has 2 aliphatic heterocycles. The molecule has 0 bridgehead atoms. The maximum atomic E-state index is 5.26. The number of aryl methyl sites for hydroxylation is 1. The molecular formula is C44H30BN5. The van der Waals surface area contributed by atoms with Gasteiger partial charge < -0.3 is 9.80 Å². The van der Waals surface area contributed by atoms with E-state index in [1.54, 1.807) is 0 Å². The molecule has 0 radical (unpaired) electrons. The van der Waals surface area contributed by atoms with Gasteiger partial charge in [0.25, 0.3) is 6.71 Å². The van der Waals surface area contributed by atoms with Crippen molar-refractivity contribution in [3.8, 4) is 5.69 Å². The van der Waals surface area contributed by atoms with Crippen LogP contribution in [0, 0.1) is 6.92 Å². The van der Waals surface area contributed by atoms with Crippen molar-refractivity contribution < 1.29 is 0 Å². The Morgan fingerprint density at radius 2 is 1.00 bits per heavy atom. The van der Waals surface area contributed by atoms with Gasteiger partial charge in [0.1, 0.15) is 0 Å². The molecule has 0 N–H and O–H groups in total. The van der Waals surface area contributed by atoms with Gasteiger partial charge in [0, 0.05) is 34.1 Å². The molecule has 50 heavy (non-hydrogen) atoms. The molecule has 0 saturated carbocycles. The Kier molecular flexibility index (Phi) is 5.62. The third-order valence-electron chi connectivity index (χ3n) is 10.5. The number of benzene rings is 7. The van der Waals surface area contributed by atoms with Crippen molar-refractivity contribution in [1.82, 2.24) is 14.0 Å². The molecule has 2 aliphatic rings. The molecule has 0 unspecified atom stereocenters. The lowest BCUT2D eigenvalue weighted by Gasteiger charge is -2.44. The second kappa shape index (κ2) is 10.2. The normalized spacial score (nSPS) is 13.2. The van der Waals surface area contributed by atoms with E-state index < -0.39 is 0 Å². The first-order valence-corrected chi connectivity index (χ1v) is 17.2. The molecule has 0 spiro atoms. The number of imidazole rings is 2. The topological polar surface area (TPSA) is 28.7 Å². The third-order valence-corrected chi connectivity index (χ3v) is 10.5. The lowest BCUT2D eigenvalue weighted by molar-refractivity contribution is 1.10. The van der Waals surface area contributed by atoms with Gasteiger partial charge in [0.05, 0.1) is 27.8 Å². The van der Waals surface area contributed by atoms with Gasteiger partial charge in [-0.15, -0.1) is 0 Å². The van der Waals surface area contributed by atoms with Crippen LogP contribution < -0.4 is 26.2 Å². The molecule has 0 atom stereocenters. The zero-order valence-corrected chi connectivity index (χ0v) is 27.4. The molecule has 7 aromatic carbocycles. The van der Waals surface area contributed by atoms with Gasteiger partial charge >= 0.3 is 0 Å². The van der Waals surface area contributed by atoms with E-state index in [-0.39, 0.29) is 6.71 Å². The first-order valence-electron chi connectivity index (χ1n) is 17.2. The van der Waals surface area contributed by atoms with Gasteiger partial charge in [-0.05, 0) is 96.1 Å². The molecule has 11 rings (SSSR count). The van der Waals surface area contributed by atoms with Crippen LogP contribution in [0.25, 0.3) is 33.5 Å². The SMILES string of the molecule is Cc1ccc(N2c3ccccc3B3c4ccccc4N(c4ccccc4)c4cc(-n5c6ccccc6n6c7ccccc7nc56)cc2c43)cc1. The average Bonchev–Trinajstić information content (AvgIpc) is 3.70. The van der Waals surface area contributed by atoms with Gasteiger partial charge in [-0.25, -0.2) is 4.98 Å². The highest BCUT2D eigenvalue weighted by atomic mass is 15.2. The lowest BCUT2D eigenvalue weighted by atomic mass is 9.33. The van der Waals surface area contributed by atoms with E-state index in [2.05, 4.69) is 189 Å². The summed E-state index contributed by atoms with van der Waals surface area (Å²) in [6, 6.07) is 59.5. The maximum absolute atomic E-state index is 5.26. The Morgan fingerprint density at radius 1 is 0.460 bits per heavy atom. The Labute approximate surface area is 290 Å². The predicted molar refractivity (Wildman–Crippen MR) is 208 cm³/mol. The van der Waals surface area contributed by atoms with E-state index in [1.807, 2.05) is 0 Å². The number of hydrogen-bond acceptors (Lipinski definition) is 3. The molecule has 234 valence electrons. The minimum Gasteiger partial charge on any atom is -0.311 e. The highest BCUT2D eigenvalue weighted by molar-refractivity contribution is 7.00. The zero-order chi connectivity index (χ0) is 32.9. The number of para-hydroxylation sites is 7. The Bertz CT molecular complexity index is 2800. The van der Waals surface area contributed by atoms with Crippen molar-refractivity contribution in [2.45, 2.75) is 6.92 Å². The summed E-state index contributed by atoms with van der Waals surface area (Å²) >= 11 is 0. The van der Waals surface area contributed by atoms with E-state index in [9.17, 15) is 0 Å². The highest BCUT2D eigenvalue weighted by Crippen LogP contribution is 2.45. The van der Waals surface area contributed by atoms with Gasteiger partial charge in [0.2, 0.25) is 5.78 Å². The van der Waals surface area contributed by atoms with Gasteiger partial charge in [0.15, 0.2) is 0 Å².